The maximum absolute atomic E-state index is 11.9. The van der Waals surface area contributed by atoms with Gasteiger partial charge in [0, 0.05) is 11.6 Å². The third-order valence-corrected chi connectivity index (χ3v) is 2.55. The van der Waals surface area contributed by atoms with Gasteiger partial charge in [0.15, 0.2) is 5.78 Å². The first-order valence-electron chi connectivity index (χ1n) is 6.25. The van der Waals surface area contributed by atoms with Crippen LogP contribution in [0.25, 0.3) is 0 Å². The summed E-state index contributed by atoms with van der Waals surface area (Å²) in [6.07, 6.45) is 1.83. The van der Waals surface area contributed by atoms with E-state index >= 15 is 0 Å². The number of benzene rings is 1. The van der Waals surface area contributed by atoms with E-state index in [4.69, 9.17) is 9.84 Å². The topological polar surface area (TPSA) is 107 Å². The lowest BCUT2D eigenvalue weighted by atomic mass is 10.0. The van der Waals surface area contributed by atoms with Crippen molar-refractivity contribution in [2.45, 2.75) is 6.92 Å². The summed E-state index contributed by atoms with van der Waals surface area (Å²) in [4.78, 5) is 45.6. The molecule has 1 N–H and O–H groups in total. The molecule has 0 radical (unpaired) electrons. The highest BCUT2D eigenvalue weighted by Gasteiger charge is 2.15. The number of hydrogen-bond donors (Lipinski definition) is 1. The van der Waals surface area contributed by atoms with Crippen molar-refractivity contribution in [1.82, 2.24) is 0 Å². The van der Waals surface area contributed by atoms with Gasteiger partial charge in [-0.2, -0.15) is 0 Å². The fourth-order valence-electron chi connectivity index (χ4n) is 1.53. The summed E-state index contributed by atoms with van der Waals surface area (Å²) in [5.74, 6) is -3.40. The number of carboxylic acids is 1. The van der Waals surface area contributed by atoms with Crippen molar-refractivity contribution in [2.24, 2.45) is 0 Å². The van der Waals surface area contributed by atoms with Crippen LogP contribution in [0.2, 0.25) is 0 Å². The van der Waals surface area contributed by atoms with Crippen molar-refractivity contribution in [3.63, 3.8) is 0 Å². The molecule has 0 saturated carbocycles. The molecule has 116 valence electrons. The smallest absolute Gasteiger partial charge is 0.338 e. The largest absolute Gasteiger partial charge is 0.478 e. The maximum atomic E-state index is 11.9. The van der Waals surface area contributed by atoms with Gasteiger partial charge in [0.25, 0.3) is 0 Å². The standard InChI is InChI=1S/C15H14O7/c1-3-22-15(20)11-7-9(6-10(8-11)14(18)19)12(16)4-5-13(17)21-2/h4-8H,3H2,1-2H3,(H,18,19). The lowest BCUT2D eigenvalue weighted by molar-refractivity contribution is -0.134. The molecule has 0 aromatic heterocycles. The fraction of sp³-hybridized carbons (Fsp3) is 0.200. The second-order valence-electron chi connectivity index (χ2n) is 4.05. The number of methoxy groups -OCH3 is 1. The van der Waals surface area contributed by atoms with E-state index < -0.39 is 23.7 Å². The van der Waals surface area contributed by atoms with E-state index in [0.29, 0.717) is 0 Å². The number of ketones is 1. The zero-order valence-electron chi connectivity index (χ0n) is 12.0. The summed E-state index contributed by atoms with van der Waals surface area (Å²) in [6.45, 7) is 1.71. The summed E-state index contributed by atoms with van der Waals surface area (Å²) < 4.78 is 9.12. The highest BCUT2D eigenvalue weighted by Crippen LogP contribution is 2.13. The molecule has 7 heteroatoms. The van der Waals surface area contributed by atoms with Gasteiger partial charge in [0.1, 0.15) is 0 Å². The van der Waals surface area contributed by atoms with Crippen LogP contribution in [0.3, 0.4) is 0 Å². The predicted octanol–water partition coefficient (Wildman–Crippen LogP) is 1.47. The number of ether oxygens (including phenoxy) is 2. The van der Waals surface area contributed by atoms with Crippen LogP contribution in [0.4, 0.5) is 0 Å². The molecule has 0 spiro atoms. The van der Waals surface area contributed by atoms with E-state index in [1.807, 2.05) is 0 Å². The molecule has 0 saturated heterocycles. The van der Waals surface area contributed by atoms with Crippen LogP contribution in [0, 0.1) is 0 Å². The fourth-order valence-corrected chi connectivity index (χ4v) is 1.53. The van der Waals surface area contributed by atoms with Crippen molar-refractivity contribution < 1.29 is 33.8 Å². The maximum Gasteiger partial charge on any atom is 0.338 e. The average molecular weight is 306 g/mol. The number of carbonyl (C=O) groups is 4. The number of carbonyl (C=O) groups excluding carboxylic acids is 3. The van der Waals surface area contributed by atoms with Gasteiger partial charge in [-0.3, -0.25) is 4.79 Å². The van der Waals surface area contributed by atoms with Gasteiger partial charge < -0.3 is 14.6 Å². The highest BCUT2D eigenvalue weighted by molar-refractivity contribution is 6.09. The van der Waals surface area contributed by atoms with E-state index in [2.05, 4.69) is 4.74 Å². The van der Waals surface area contributed by atoms with Gasteiger partial charge in [0.05, 0.1) is 24.8 Å². The van der Waals surface area contributed by atoms with E-state index in [-0.39, 0.29) is 23.3 Å². The van der Waals surface area contributed by atoms with Gasteiger partial charge in [-0.15, -0.1) is 0 Å². The first-order chi connectivity index (χ1) is 10.4. The van der Waals surface area contributed by atoms with Crippen LogP contribution in [-0.2, 0) is 14.3 Å². The first kappa shape index (κ1) is 17.1. The molecule has 7 nitrogen and oxygen atoms in total. The van der Waals surface area contributed by atoms with Crippen molar-refractivity contribution >= 4 is 23.7 Å². The Morgan fingerprint density at radius 3 is 2.18 bits per heavy atom. The molecule has 0 amide bonds. The van der Waals surface area contributed by atoms with E-state index in [0.717, 1.165) is 31.4 Å². The number of aromatic carboxylic acids is 1. The van der Waals surface area contributed by atoms with Gasteiger partial charge >= 0.3 is 17.9 Å². The molecule has 0 atom stereocenters. The van der Waals surface area contributed by atoms with Gasteiger partial charge in [0.2, 0.25) is 0 Å². The van der Waals surface area contributed by atoms with E-state index in [9.17, 15) is 19.2 Å². The third kappa shape index (κ3) is 4.55. The van der Waals surface area contributed by atoms with Crippen LogP contribution in [0.15, 0.2) is 30.4 Å². The minimum Gasteiger partial charge on any atom is -0.478 e. The van der Waals surface area contributed by atoms with Crippen molar-refractivity contribution in [1.29, 1.82) is 0 Å². The predicted molar refractivity (Wildman–Crippen MR) is 74.8 cm³/mol. The summed E-state index contributed by atoms with van der Waals surface area (Å²) in [6, 6.07) is 3.42. The number of esters is 2. The number of rotatable bonds is 6. The normalized spacial score (nSPS) is 10.3. The van der Waals surface area contributed by atoms with Crippen molar-refractivity contribution in [2.75, 3.05) is 13.7 Å². The Morgan fingerprint density at radius 2 is 1.64 bits per heavy atom. The van der Waals surface area contributed by atoms with Crippen LogP contribution in [0.5, 0.6) is 0 Å². The van der Waals surface area contributed by atoms with E-state index in [1.165, 1.54) is 6.07 Å². The van der Waals surface area contributed by atoms with Crippen molar-refractivity contribution in [3.8, 4) is 0 Å². The Balaban J connectivity index is 3.20. The van der Waals surface area contributed by atoms with Gasteiger partial charge in [-0.1, -0.05) is 0 Å². The number of allylic oxidation sites excluding steroid dienone is 1. The van der Waals surface area contributed by atoms with Crippen LogP contribution in [-0.4, -0.2) is 42.5 Å². The molecular formula is C15H14O7. The molecule has 0 bridgehead atoms. The SMILES string of the molecule is CCOC(=O)c1cc(C(=O)O)cc(C(=O)C=CC(=O)OC)c1. The average Bonchev–Trinajstić information content (AvgIpc) is 2.51. The lowest BCUT2D eigenvalue weighted by Gasteiger charge is -2.05. The van der Waals surface area contributed by atoms with Crippen LogP contribution < -0.4 is 0 Å². The summed E-state index contributed by atoms with van der Waals surface area (Å²) >= 11 is 0. The molecule has 1 aromatic carbocycles. The molecule has 0 aliphatic carbocycles. The van der Waals surface area contributed by atoms with Gasteiger partial charge in [-0.05, 0) is 31.2 Å². The van der Waals surface area contributed by atoms with Gasteiger partial charge in [-0.25, -0.2) is 14.4 Å². The molecule has 0 fully saturated rings. The summed E-state index contributed by atoms with van der Waals surface area (Å²) in [5, 5.41) is 9.03. The second-order valence-corrected chi connectivity index (χ2v) is 4.05. The molecule has 1 rings (SSSR count). The summed E-state index contributed by atoms with van der Waals surface area (Å²) in [7, 11) is 1.15. The Bertz CT molecular complexity index is 643. The summed E-state index contributed by atoms with van der Waals surface area (Å²) in [5.41, 5.74) is -0.347. The highest BCUT2D eigenvalue weighted by atomic mass is 16.5. The Hall–Kier alpha value is -2.96. The number of hydrogen-bond acceptors (Lipinski definition) is 6. The van der Waals surface area contributed by atoms with Crippen molar-refractivity contribution in [3.05, 3.63) is 47.0 Å². The molecule has 0 aliphatic heterocycles. The Kier molecular flexibility index (Phi) is 6.00. The second kappa shape index (κ2) is 7.72. The molecule has 1 aromatic rings. The Labute approximate surface area is 126 Å². The number of carboxylic acid groups (broad SMARTS) is 1. The van der Waals surface area contributed by atoms with Crippen LogP contribution >= 0.6 is 0 Å². The molecule has 0 aliphatic rings. The zero-order chi connectivity index (χ0) is 16.7. The van der Waals surface area contributed by atoms with E-state index in [1.54, 1.807) is 6.92 Å². The quantitative estimate of drug-likeness (QED) is 0.481. The molecule has 22 heavy (non-hydrogen) atoms. The Morgan fingerprint density at radius 1 is 1.05 bits per heavy atom. The molecule has 0 unspecified atom stereocenters. The van der Waals surface area contributed by atoms with Crippen LogP contribution in [0.1, 0.15) is 38.0 Å². The zero-order valence-corrected chi connectivity index (χ0v) is 12.0. The molecular weight excluding hydrogens is 292 g/mol. The monoisotopic (exact) mass is 306 g/mol. The molecule has 0 heterocycles. The lowest BCUT2D eigenvalue weighted by Crippen LogP contribution is -2.10. The minimum atomic E-state index is -1.29. The minimum absolute atomic E-state index is 0.0527. The third-order valence-electron chi connectivity index (χ3n) is 2.55. The first-order valence-corrected chi connectivity index (χ1v) is 6.25.